The summed E-state index contributed by atoms with van der Waals surface area (Å²) < 4.78 is 2.81. The van der Waals surface area contributed by atoms with Crippen LogP contribution in [0.1, 0.15) is 37.8 Å². The van der Waals surface area contributed by atoms with E-state index in [9.17, 15) is 14.4 Å². The summed E-state index contributed by atoms with van der Waals surface area (Å²) in [6.07, 6.45) is 1.63. The molecule has 2 aromatic carbocycles. The summed E-state index contributed by atoms with van der Waals surface area (Å²) in [6.45, 7) is 6.72. The van der Waals surface area contributed by atoms with E-state index in [1.54, 1.807) is 28.8 Å². The lowest BCUT2D eigenvalue weighted by molar-refractivity contribution is -0.126. The van der Waals surface area contributed by atoms with E-state index in [-0.39, 0.29) is 23.6 Å². The van der Waals surface area contributed by atoms with Crippen molar-refractivity contribution in [3.8, 4) is 17.1 Å². The van der Waals surface area contributed by atoms with Crippen molar-refractivity contribution < 1.29 is 9.63 Å². The number of carbonyl (C=O) groups is 1. The Kier molecular flexibility index (Phi) is 7.14. The summed E-state index contributed by atoms with van der Waals surface area (Å²) in [5.74, 6) is 0.674. The van der Waals surface area contributed by atoms with Crippen LogP contribution >= 0.6 is 0 Å². The number of carbonyl (C=O) groups excluding carboxylic acids is 1. The first-order valence-corrected chi connectivity index (χ1v) is 11.8. The fraction of sp³-hybridized carbons (Fsp3) is 0.308. The van der Waals surface area contributed by atoms with Crippen LogP contribution in [-0.4, -0.2) is 25.0 Å². The summed E-state index contributed by atoms with van der Waals surface area (Å²) >= 11 is 0. The lowest BCUT2D eigenvalue weighted by Gasteiger charge is -2.09. The standard InChI is InChI=1S/C26H29N5O4/c1-4-14-30-24-22(25(33)31(15-5-2)26(30)34)27-23(28-24)19-10-12-20(13-11-19)35-29-21(32)16-18-8-6-17(3)7-9-18/h6-13H,4-5,14-16H2,1-3H3,(H,27,28)(H,29,32). The van der Waals surface area contributed by atoms with Gasteiger partial charge < -0.3 is 9.82 Å². The number of nitrogens with one attached hydrogen (secondary N) is 2. The van der Waals surface area contributed by atoms with Crippen molar-refractivity contribution >= 4 is 17.1 Å². The van der Waals surface area contributed by atoms with Gasteiger partial charge in [0.1, 0.15) is 11.3 Å². The molecule has 9 heteroatoms. The van der Waals surface area contributed by atoms with Gasteiger partial charge >= 0.3 is 5.69 Å². The molecule has 0 spiro atoms. The molecular formula is C26H29N5O4. The molecule has 4 rings (SSSR count). The normalized spacial score (nSPS) is 11.1. The largest absolute Gasteiger partial charge is 0.380 e. The zero-order valence-electron chi connectivity index (χ0n) is 20.1. The zero-order valence-corrected chi connectivity index (χ0v) is 20.1. The number of rotatable bonds is 9. The molecule has 0 aliphatic rings. The quantitative estimate of drug-likeness (QED) is 0.361. The van der Waals surface area contributed by atoms with Gasteiger partial charge in [0.15, 0.2) is 11.4 Å². The van der Waals surface area contributed by atoms with E-state index in [2.05, 4.69) is 15.4 Å². The maximum atomic E-state index is 12.9. The van der Waals surface area contributed by atoms with E-state index in [4.69, 9.17) is 4.84 Å². The Morgan fingerprint density at radius 3 is 2.29 bits per heavy atom. The van der Waals surface area contributed by atoms with Crippen molar-refractivity contribution in [2.45, 2.75) is 53.1 Å². The molecule has 2 aromatic heterocycles. The Hall–Kier alpha value is -4.14. The molecule has 0 aliphatic carbocycles. The van der Waals surface area contributed by atoms with Crippen LogP contribution in [0.25, 0.3) is 22.6 Å². The number of aromatic amines is 1. The fourth-order valence-electron chi connectivity index (χ4n) is 3.87. The van der Waals surface area contributed by atoms with Crippen molar-refractivity contribution in [3.05, 3.63) is 80.5 Å². The Morgan fingerprint density at radius 1 is 0.971 bits per heavy atom. The van der Waals surface area contributed by atoms with Crippen LogP contribution in [0, 0.1) is 6.92 Å². The van der Waals surface area contributed by atoms with Crippen molar-refractivity contribution in [1.82, 2.24) is 24.6 Å². The molecule has 182 valence electrons. The van der Waals surface area contributed by atoms with Crippen molar-refractivity contribution in [3.63, 3.8) is 0 Å². The van der Waals surface area contributed by atoms with Gasteiger partial charge in [-0.1, -0.05) is 43.7 Å². The topological polar surface area (TPSA) is 111 Å². The summed E-state index contributed by atoms with van der Waals surface area (Å²) in [5.41, 5.74) is 5.16. The number of H-pyrrole nitrogens is 1. The van der Waals surface area contributed by atoms with Crippen LogP contribution in [0.15, 0.2) is 58.1 Å². The van der Waals surface area contributed by atoms with E-state index < -0.39 is 0 Å². The number of hydroxylamine groups is 1. The van der Waals surface area contributed by atoms with Gasteiger partial charge in [-0.2, -0.15) is 5.48 Å². The van der Waals surface area contributed by atoms with Crippen LogP contribution < -0.4 is 21.6 Å². The minimum Gasteiger partial charge on any atom is -0.380 e. The number of aromatic nitrogens is 4. The maximum Gasteiger partial charge on any atom is 0.332 e. The molecule has 9 nitrogen and oxygen atoms in total. The van der Waals surface area contributed by atoms with E-state index in [0.29, 0.717) is 42.2 Å². The first kappa shape index (κ1) is 24.0. The van der Waals surface area contributed by atoms with Gasteiger partial charge in [0.05, 0.1) is 6.42 Å². The number of imidazole rings is 1. The Bertz CT molecular complexity index is 1450. The second-order valence-electron chi connectivity index (χ2n) is 8.49. The molecule has 2 heterocycles. The molecule has 1 amide bonds. The van der Waals surface area contributed by atoms with E-state index in [0.717, 1.165) is 23.1 Å². The van der Waals surface area contributed by atoms with Crippen molar-refractivity contribution in [1.29, 1.82) is 0 Å². The molecule has 35 heavy (non-hydrogen) atoms. The van der Waals surface area contributed by atoms with Crippen molar-refractivity contribution in [2.24, 2.45) is 0 Å². The predicted molar refractivity (Wildman–Crippen MR) is 134 cm³/mol. The summed E-state index contributed by atoms with van der Waals surface area (Å²) in [6, 6.07) is 14.7. The Balaban J connectivity index is 1.52. The molecule has 0 atom stereocenters. The molecule has 0 unspecified atom stereocenters. The van der Waals surface area contributed by atoms with Crippen LogP contribution in [0.2, 0.25) is 0 Å². The van der Waals surface area contributed by atoms with E-state index in [1.165, 1.54) is 4.57 Å². The number of amides is 1. The van der Waals surface area contributed by atoms with Gasteiger partial charge in [-0.25, -0.2) is 9.78 Å². The smallest absolute Gasteiger partial charge is 0.332 e. The Morgan fingerprint density at radius 2 is 1.63 bits per heavy atom. The number of aryl methyl sites for hydroxylation is 2. The van der Waals surface area contributed by atoms with Gasteiger partial charge in [0.2, 0.25) is 0 Å². The van der Waals surface area contributed by atoms with Crippen LogP contribution in [0.5, 0.6) is 5.75 Å². The average molecular weight is 476 g/mol. The first-order chi connectivity index (χ1) is 16.9. The molecular weight excluding hydrogens is 446 g/mol. The number of nitrogens with zero attached hydrogens (tertiary/aromatic N) is 3. The van der Waals surface area contributed by atoms with Gasteiger partial charge in [-0.15, -0.1) is 0 Å². The monoisotopic (exact) mass is 475 g/mol. The average Bonchev–Trinajstić information content (AvgIpc) is 3.30. The Labute approximate surface area is 202 Å². The molecule has 0 aliphatic heterocycles. The molecule has 0 fully saturated rings. The van der Waals surface area contributed by atoms with Crippen molar-refractivity contribution in [2.75, 3.05) is 0 Å². The third kappa shape index (κ3) is 5.18. The van der Waals surface area contributed by atoms with E-state index in [1.807, 2.05) is 45.0 Å². The molecule has 0 radical (unpaired) electrons. The zero-order chi connectivity index (χ0) is 24.9. The molecule has 4 aromatic rings. The highest BCUT2D eigenvalue weighted by atomic mass is 16.7. The number of hydrogen-bond acceptors (Lipinski definition) is 5. The second-order valence-corrected chi connectivity index (χ2v) is 8.49. The van der Waals surface area contributed by atoms with Crippen LogP contribution in [0.4, 0.5) is 0 Å². The minimum atomic E-state index is -0.366. The van der Waals surface area contributed by atoms with E-state index >= 15 is 0 Å². The highest BCUT2D eigenvalue weighted by Crippen LogP contribution is 2.21. The second kappa shape index (κ2) is 10.4. The maximum absolute atomic E-state index is 12.9. The van der Waals surface area contributed by atoms with Gasteiger partial charge in [-0.05, 0) is 49.6 Å². The summed E-state index contributed by atoms with van der Waals surface area (Å²) in [5, 5.41) is 0. The van der Waals surface area contributed by atoms with Gasteiger partial charge in [0, 0.05) is 18.7 Å². The SMILES string of the molecule is CCCn1c(=O)c2[nH]c(-c3ccc(ONC(=O)Cc4ccc(C)cc4)cc3)nc2n(CCC)c1=O. The predicted octanol–water partition coefficient (Wildman–Crippen LogP) is 3.33. The van der Waals surface area contributed by atoms with Crippen LogP contribution in [0.3, 0.4) is 0 Å². The van der Waals surface area contributed by atoms with Crippen LogP contribution in [-0.2, 0) is 24.3 Å². The minimum absolute atomic E-state index is 0.215. The number of fused-ring (bicyclic) bond motifs is 1. The van der Waals surface area contributed by atoms with Gasteiger partial charge in [0.25, 0.3) is 11.5 Å². The highest BCUT2D eigenvalue weighted by molar-refractivity contribution is 5.78. The lowest BCUT2D eigenvalue weighted by Crippen LogP contribution is -2.40. The number of hydrogen-bond donors (Lipinski definition) is 2. The summed E-state index contributed by atoms with van der Waals surface area (Å²) in [7, 11) is 0. The first-order valence-electron chi connectivity index (χ1n) is 11.8. The third-order valence-corrected chi connectivity index (χ3v) is 5.65. The number of benzene rings is 2. The molecule has 0 saturated carbocycles. The molecule has 0 saturated heterocycles. The summed E-state index contributed by atoms with van der Waals surface area (Å²) in [4.78, 5) is 51.0. The molecule has 2 N–H and O–H groups in total. The third-order valence-electron chi connectivity index (χ3n) is 5.65. The fourth-order valence-corrected chi connectivity index (χ4v) is 3.87. The molecule has 0 bridgehead atoms. The highest BCUT2D eigenvalue weighted by Gasteiger charge is 2.17. The van der Waals surface area contributed by atoms with Gasteiger partial charge in [-0.3, -0.25) is 18.7 Å². The lowest BCUT2D eigenvalue weighted by atomic mass is 10.1.